The minimum Gasteiger partial charge on any atom is -0.394 e. The van der Waals surface area contributed by atoms with E-state index in [1.807, 2.05) is 0 Å². The van der Waals surface area contributed by atoms with Crippen LogP contribution in [-0.4, -0.2) is 116 Å². The molecule has 11 nitrogen and oxygen atoms in total. The average Bonchev–Trinajstić information content (AvgIpc) is 2.76. The van der Waals surface area contributed by atoms with Crippen molar-refractivity contribution in [1.82, 2.24) is 5.32 Å². The molecule has 2 unspecified atom stereocenters. The van der Waals surface area contributed by atoms with Gasteiger partial charge in [0, 0.05) is 5.54 Å². The van der Waals surface area contributed by atoms with Crippen molar-refractivity contribution in [1.29, 1.82) is 0 Å². The van der Waals surface area contributed by atoms with Crippen LogP contribution < -0.4 is 5.32 Å². The van der Waals surface area contributed by atoms with Gasteiger partial charge in [0.05, 0.1) is 13.2 Å². The number of nitrogens with one attached hydrogen (secondary N) is 1. The van der Waals surface area contributed by atoms with Crippen LogP contribution >= 0.6 is 0 Å². The first kappa shape index (κ1) is 26.2. The number of ether oxygens (including phenoxy) is 3. The summed E-state index contributed by atoms with van der Waals surface area (Å²) < 4.78 is 17.1. The van der Waals surface area contributed by atoms with Crippen molar-refractivity contribution >= 4 is 0 Å². The predicted octanol–water partition coefficient (Wildman–Crippen LogP) is -2.05. The van der Waals surface area contributed by atoms with Crippen LogP contribution in [0.3, 0.4) is 0 Å². The normalized spacial score (nSPS) is 58.0. The Bertz CT molecular complexity index is 763. The number of aliphatic hydroxyl groups is 7. The maximum absolute atomic E-state index is 11.0. The lowest BCUT2D eigenvalue weighted by Crippen LogP contribution is -2.71. The van der Waals surface area contributed by atoms with Crippen molar-refractivity contribution in [3.63, 3.8) is 0 Å². The Morgan fingerprint density at radius 3 is 1.94 bits per heavy atom. The van der Waals surface area contributed by atoms with Crippen LogP contribution in [0.15, 0.2) is 0 Å². The van der Waals surface area contributed by atoms with Gasteiger partial charge in [0.25, 0.3) is 0 Å². The topological polar surface area (TPSA) is 181 Å². The molecule has 6 fully saturated rings. The number of aliphatic hydroxyl groups excluding tert-OH is 7. The molecule has 4 bridgehead atoms. The van der Waals surface area contributed by atoms with Crippen LogP contribution in [0.25, 0.3) is 0 Å². The lowest BCUT2D eigenvalue weighted by Gasteiger charge is -2.66. The van der Waals surface area contributed by atoms with Crippen molar-refractivity contribution in [2.75, 3.05) is 13.2 Å². The molecule has 0 spiro atoms. The van der Waals surface area contributed by atoms with Gasteiger partial charge >= 0.3 is 0 Å². The Morgan fingerprint density at radius 2 is 1.37 bits per heavy atom. The van der Waals surface area contributed by atoms with Crippen LogP contribution in [-0.2, 0) is 14.2 Å². The third-order valence-electron chi connectivity index (χ3n) is 9.08. The summed E-state index contributed by atoms with van der Waals surface area (Å²) in [4.78, 5) is 0. The second-order valence-electron chi connectivity index (χ2n) is 12.6. The fourth-order valence-electron chi connectivity index (χ4n) is 8.62. The van der Waals surface area contributed by atoms with Crippen LogP contribution in [0.1, 0.15) is 52.4 Å². The molecule has 2 aliphatic heterocycles. The maximum atomic E-state index is 11.0. The van der Waals surface area contributed by atoms with Gasteiger partial charge in [-0.15, -0.1) is 0 Å². The summed E-state index contributed by atoms with van der Waals surface area (Å²) in [6.07, 6.45) is -7.26. The maximum Gasteiger partial charge on any atom is 0.187 e. The smallest absolute Gasteiger partial charge is 0.187 e. The standard InChI is InChI=1S/C24H41NO10/c1-22-3-11-4-23(2,8-22)10-24(5-11,9-22)25-20-17(31)16(30)19(13(7-27)33-20)35-21-18(32)15(29)14(28)12(6-26)34-21/h11-21,25-32H,3-10H2,1-2H3/t11?,12-,13-,14-,15+,16-,17-,18-,19-,20+,21+,22-,23+,24?/m1/s1. The highest BCUT2D eigenvalue weighted by Gasteiger charge is 2.61. The van der Waals surface area contributed by atoms with E-state index in [0.717, 1.165) is 19.3 Å². The summed E-state index contributed by atoms with van der Waals surface area (Å²) in [5.41, 5.74) is 0.230. The largest absolute Gasteiger partial charge is 0.394 e. The molecule has 0 aromatic carbocycles. The number of hydrogen-bond donors (Lipinski definition) is 8. The molecule has 202 valence electrons. The molecule has 4 aliphatic carbocycles. The zero-order chi connectivity index (χ0) is 25.3. The quantitative estimate of drug-likeness (QED) is 0.200. The van der Waals surface area contributed by atoms with E-state index in [-0.39, 0.29) is 16.4 Å². The highest BCUT2D eigenvalue weighted by molar-refractivity contribution is 5.15. The highest BCUT2D eigenvalue weighted by Crippen LogP contribution is 2.66. The fourth-order valence-corrected chi connectivity index (χ4v) is 8.62. The third kappa shape index (κ3) is 4.57. The first-order valence-corrected chi connectivity index (χ1v) is 12.8. The van der Waals surface area contributed by atoms with E-state index < -0.39 is 74.6 Å². The van der Waals surface area contributed by atoms with Gasteiger partial charge in [0.1, 0.15) is 55.1 Å². The predicted molar refractivity (Wildman–Crippen MR) is 120 cm³/mol. The lowest BCUT2D eigenvalue weighted by atomic mass is 9.42. The highest BCUT2D eigenvalue weighted by atomic mass is 16.7. The average molecular weight is 504 g/mol. The van der Waals surface area contributed by atoms with Gasteiger partial charge in [-0.3, -0.25) is 5.32 Å². The summed E-state index contributed by atoms with van der Waals surface area (Å²) in [7, 11) is 0. The Labute approximate surface area is 205 Å². The lowest BCUT2D eigenvalue weighted by molar-refractivity contribution is -0.344. The molecule has 0 radical (unpaired) electrons. The zero-order valence-electron chi connectivity index (χ0n) is 20.4. The molecule has 35 heavy (non-hydrogen) atoms. The van der Waals surface area contributed by atoms with Crippen LogP contribution in [0.5, 0.6) is 0 Å². The van der Waals surface area contributed by atoms with Crippen molar-refractivity contribution in [2.45, 2.75) is 119 Å². The molecular formula is C24H41NO10. The van der Waals surface area contributed by atoms with E-state index in [2.05, 4.69) is 19.2 Å². The molecule has 8 N–H and O–H groups in total. The molecule has 14 atom stereocenters. The molecule has 11 heteroatoms. The van der Waals surface area contributed by atoms with Gasteiger partial charge in [-0.1, -0.05) is 13.8 Å². The van der Waals surface area contributed by atoms with Gasteiger partial charge < -0.3 is 50.0 Å². The van der Waals surface area contributed by atoms with Crippen LogP contribution in [0.2, 0.25) is 0 Å². The summed E-state index contributed by atoms with van der Waals surface area (Å²) >= 11 is 0. The molecule has 0 amide bonds. The summed E-state index contributed by atoms with van der Waals surface area (Å²) in [6.45, 7) is 3.50. The molecule has 2 heterocycles. The Hall–Kier alpha value is -0.440. The Morgan fingerprint density at radius 1 is 0.743 bits per heavy atom. The molecule has 0 aromatic heterocycles. The van der Waals surface area contributed by atoms with Gasteiger partial charge in [-0.05, 0) is 55.3 Å². The zero-order valence-corrected chi connectivity index (χ0v) is 20.4. The summed E-state index contributed by atoms with van der Waals surface area (Å²) in [6, 6.07) is 0. The minimum absolute atomic E-state index is 0.223. The van der Waals surface area contributed by atoms with Crippen molar-refractivity contribution in [2.24, 2.45) is 16.7 Å². The molecule has 6 rings (SSSR count). The summed E-state index contributed by atoms with van der Waals surface area (Å²) in [5, 5.41) is 75.3. The van der Waals surface area contributed by atoms with E-state index in [0.29, 0.717) is 5.92 Å². The van der Waals surface area contributed by atoms with E-state index >= 15 is 0 Å². The number of rotatable bonds is 6. The second kappa shape index (κ2) is 9.09. The molecule has 2 saturated heterocycles. The van der Waals surface area contributed by atoms with Crippen LogP contribution in [0.4, 0.5) is 0 Å². The molecule has 4 saturated carbocycles. The third-order valence-corrected chi connectivity index (χ3v) is 9.08. The fraction of sp³-hybridized carbons (Fsp3) is 1.00. The molecule has 6 aliphatic rings. The van der Waals surface area contributed by atoms with E-state index in [1.54, 1.807) is 0 Å². The first-order valence-electron chi connectivity index (χ1n) is 12.8. The van der Waals surface area contributed by atoms with Crippen molar-refractivity contribution < 1.29 is 50.0 Å². The van der Waals surface area contributed by atoms with Gasteiger partial charge in [-0.25, -0.2) is 0 Å². The van der Waals surface area contributed by atoms with E-state index in [4.69, 9.17) is 14.2 Å². The second-order valence-corrected chi connectivity index (χ2v) is 12.6. The summed E-state index contributed by atoms with van der Waals surface area (Å²) in [5.74, 6) is 0.607. The number of hydrogen-bond acceptors (Lipinski definition) is 11. The Kier molecular flexibility index (Phi) is 6.80. The molecule has 0 aromatic rings. The van der Waals surface area contributed by atoms with Gasteiger partial charge in [-0.2, -0.15) is 0 Å². The van der Waals surface area contributed by atoms with Crippen molar-refractivity contribution in [3.05, 3.63) is 0 Å². The Balaban J connectivity index is 1.30. The van der Waals surface area contributed by atoms with Crippen LogP contribution in [0, 0.1) is 16.7 Å². The minimum atomic E-state index is -1.68. The van der Waals surface area contributed by atoms with Gasteiger partial charge in [0.15, 0.2) is 6.29 Å². The first-order chi connectivity index (χ1) is 16.4. The van der Waals surface area contributed by atoms with Gasteiger partial charge in [0.2, 0.25) is 0 Å². The SMILES string of the molecule is C[C@]12CC3CC(N[C@H]4O[C@H](CO)[C@@H](O[C@@H]5O[C@H](CO)[C@@H](O)[C@H](O)[C@H]5O)[C@H](O)[C@H]4O)(C1)C[C@@](C)(C3)C2. The van der Waals surface area contributed by atoms with Crippen molar-refractivity contribution in [3.8, 4) is 0 Å². The monoisotopic (exact) mass is 503 g/mol. The van der Waals surface area contributed by atoms with E-state index in [9.17, 15) is 35.7 Å². The van der Waals surface area contributed by atoms with E-state index in [1.165, 1.54) is 19.3 Å². The molecular weight excluding hydrogens is 462 g/mol.